The first-order valence-electron chi connectivity index (χ1n) is 29.1. The van der Waals surface area contributed by atoms with Crippen LogP contribution in [0.3, 0.4) is 0 Å². The van der Waals surface area contributed by atoms with Crippen molar-refractivity contribution in [2.75, 3.05) is 47.5 Å². The topological polar surface area (TPSA) is 108 Å². The Morgan fingerprint density at radius 1 is 0.437 bits per heavy atom. The zero-order chi connectivity index (χ0) is 52.0. The van der Waals surface area contributed by atoms with Gasteiger partial charge in [-0.05, 0) is 83.5 Å². The second-order valence-corrected chi connectivity index (χ2v) is 20.6. The predicted octanol–water partition coefficient (Wildman–Crippen LogP) is 17.0. The van der Waals surface area contributed by atoms with Gasteiger partial charge >= 0.3 is 17.9 Å². The fourth-order valence-corrected chi connectivity index (χ4v) is 7.98. The van der Waals surface area contributed by atoms with Crippen LogP contribution >= 0.6 is 0 Å². The molecule has 0 saturated carbocycles. The van der Waals surface area contributed by atoms with Crippen LogP contribution in [0.15, 0.2) is 72.9 Å². The van der Waals surface area contributed by atoms with Crippen LogP contribution in [0.25, 0.3) is 0 Å². The molecule has 0 aromatic heterocycles. The summed E-state index contributed by atoms with van der Waals surface area (Å²) in [6, 6.07) is 0. The highest BCUT2D eigenvalue weighted by atomic mass is 16.7. The molecule has 0 saturated heterocycles. The second kappa shape index (κ2) is 53.0. The summed E-state index contributed by atoms with van der Waals surface area (Å²) >= 11 is 0. The van der Waals surface area contributed by atoms with Crippen LogP contribution in [0.1, 0.15) is 245 Å². The van der Waals surface area contributed by atoms with E-state index in [0.29, 0.717) is 23.9 Å². The number of rotatable bonds is 53. The van der Waals surface area contributed by atoms with Crippen molar-refractivity contribution >= 4 is 17.9 Å². The molecule has 0 bridgehead atoms. The maximum absolute atomic E-state index is 12.9. The first kappa shape index (κ1) is 67.7. The van der Waals surface area contributed by atoms with Crippen LogP contribution in [0.2, 0.25) is 0 Å². The van der Waals surface area contributed by atoms with Gasteiger partial charge in [-0.25, -0.2) is 4.79 Å². The Labute approximate surface area is 437 Å². The number of allylic oxidation sites excluding steroid dienone is 12. The number of carbonyl (C=O) groups excluding carboxylic acids is 2. The lowest BCUT2D eigenvalue weighted by molar-refractivity contribution is -0.870. The molecule has 0 fully saturated rings. The summed E-state index contributed by atoms with van der Waals surface area (Å²) in [7, 11) is 5.96. The Hall–Kier alpha value is -3.27. The lowest BCUT2D eigenvalue weighted by atomic mass is 10.0. The number of hydrogen-bond donors (Lipinski definition) is 1. The Balaban J connectivity index is 4.27. The molecule has 71 heavy (non-hydrogen) atoms. The summed E-state index contributed by atoms with van der Waals surface area (Å²) in [4.78, 5) is 37.4. The predicted molar refractivity (Wildman–Crippen MR) is 299 cm³/mol. The van der Waals surface area contributed by atoms with E-state index in [-0.39, 0.29) is 32.2 Å². The number of nitrogens with zero attached hydrogens (tertiary/aromatic N) is 1. The minimum absolute atomic E-state index is 0.181. The molecule has 1 N–H and O–H groups in total. The van der Waals surface area contributed by atoms with Gasteiger partial charge < -0.3 is 28.5 Å². The Morgan fingerprint density at radius 3 is 1.21 bits per heavy atom. The molecule has 0 amide bonds. The third kappa shape index (κ3) is 54.3. The van der Waals surface area contributed by atoms with Crippen LogP contribution in [0, 0.1) is 0 Å². The zero-order valence-electron chi connectivity index (χ0n) is 46.6. The maximum Gasteiger partial charge on any atom is 0.361 e. The van der Waals surface area contributed by atoms with Crippen molar-refractivity contribution in [3.8, 4) is 0 Å². The average Bonchev–Trinajstić information content (AvgIpc) is 3.34. The van der Waals surface area contributed by atoms with Gasteiger partial charge in [-0.15, -0.1) is 0 Å². The van der Waals surface area contributed by atoms with E-state index in [0.717, 1.165) is 83.5 Å². The third-order valence-corrected chi connectivity index (χ3v) is 12.4. The number of carboxylic acids is 1. The van der Waals surface area contributed by atoms with Crippen LogP contribution in [-0.4, -0.2) is 87.4 Å². The van der Waals surface area contributed by atoms with E-state index < -0.39 is 24.3 Å². The smallest absolute Gasteiger partial charge is 0.361 e. The number of quaternary nitrogens is 1. The quantitative estimate of drug-likeness (QED) is 0.0211. The molecule has 0 aromatic carbocycles. The molecule has 0 aliphatic rings. The molecular weight excluding hydrogens is 887 g/mol. The largest absolute Gasteiger partial charge is 0.477 e. The Bertz CT molecular complexity index is 1390. The fourth-order valence-electron chi connectivity index (χ4n) is 7.98. The highest BCUT2D eigenvalue weighted by Crippen LogP contribution is 2.16. The highest BCUT2D eigenvalue weighted by molar-refractivity contribution is 5.71. The van der Waals surface area contributed by atoms with E-state index in [2.05, 4.69) is 86.8 Å². The second-order valence-electron chi connectivity index (χ2n) is 20.6. The fraction of sp³-hybridized carbons (Fsp3) is 0.758. The number of ether oxygens (including phenoxy) is 4. The van der Waals surface area contributed by atoms with E-state index in [4.69, 9.17) is 18.9 Å². The normalized spacial score (nSPS) is 13.3. The monoisotopic (exact) mass is 997 g/mol. The van der Waals surface area contributed by atoms with Crippen molar-refractivity contribution in [1.82, 2.24) is 0 Å². The van der Waals surface area contributed by atoms with Crippen molar-refractivity contribution in [3.05, 3.63) is 72.9 Å². The summed E-state index contributed by atoms with van der Waals surface area (Å²) in [6.45, 7) is 4.75. The minimum Gasteiger partial charge on any atom is -0.477 e. The van der Waals surface area contributed by atoms with E-state index >= 15 is 0 Å². The average molecular weight is 998 g/mol. The molecule has 9 heteroatoms. The van der Waals surface area contributed by atoms with Crippen LogP contribution in [0.5, 0.6) is 0 Å². The summed E-state index contributed by atoms with van der Waals surface area (Å²) in [5, 5.41) is 9.70. The summed E-state index contributed by atoms with van der Waals surface area (Å²) in [6.07, 6.45) is 65.5. The van der Waals surface area contributed by atoms with E-state index in [1.807, 2.05) is 21.1 Å². The molecular formula is C62H110NO8+. The van der Waals surface area contributed by atoms with Gasteiger partial charge in [0.15, 0.2) is 6.10 Å². The number of unbranched alkanes of at least 4 members (excludes halogenated alkanes) is 26. The minimum atomic E-state index is -1.52. The standard InChI is InChI=1S/C62H109NO8/c1-6-8-10-12-14-16-18-20-22-24-26-28-29-30-31-33-34-36-38-40-42-44-46-48-50-52-59(64)69-56-58(57-70-62(61(66)67)68-55-54-63(3,4)5)71-60(65)53-51-49-47-45-43-41-39-37-35-32-27-25-23-21-19-17-15-13-11-9-7-2/h9,11,15,17,21,23-24,26-27,32,37,39,58,62H,6-8,10,12-14,16,18-20,22,25,28-31,33-36,38,40-57H2,1-5H3/p+1/b11-9-,17-15-,23-21-,26-24-,32-27-,39-37-. The number of aliphatic carboxylic acids is 1. The first-order chi connectivity index (χ1) is 34.6. The molecule has 0 spiro atoms. The molecule has 0 aromatic rings. The first-order valence-corrected chi connectivity index (χ1v) is 29.1. The zero-order valence-corrected chi connectivity index (χ0v) is 46.6. The van der Waals surface area contributed by atoms with Crippen molar-refractivity contribution in [2.45, 2.75) is 257 Å². The molecule has 0 heterocycles. The van der Waals surface area contributed by atoms with Crippen LogP contribution < -0.4 is 0 Å². The summed E-state index contributed by atoms with van der Waals surface area (Å²) in [5.41, 5.74) is 0. The molecule has 0 radical (unpaired) electrons. The van der Waals surface area contributed by atoms with Gasteiger partial charge in [0.05, 0.1) is 34.4 Å². The van der Waals surface area contributed by atoms with E-state index in [1.54, 1.807) is 0 Å². The number of hydrogen-bond acceptors (Lipinski definition) is 7. The number of carbonyl (C=O) groups is 3. The van der Waals surface area contributed by atoms with Crippen LogP contribution in [-0.2, 0) is 33.3 Å². The molecule has 0 aliphatic heterocycles. The van der Waals surface area contributed by atoms with Gasteiger partial charge in [0.25, 0.3) is 6.29 Å². The Kier molecular flexibility index (Phi) is 50.6. The Morgan fingerprint density at radius 2 is 0.803 bits per heavy atom. The van der Waals surface area contributed by atoms with Crippen molar-refractivity contribution in [2.24, 2.45) is 0 Å². The summed E-state index contributed by atoms with van der Waals surface area (Å²) in [5.74, 6) is -2.03. The molecule has 2 unspecified atom stereocenters. The van der Waals surface area contributed by atoms with Gasteiger partial charge in [-0.2, -0.15) is 0 Å². The van der Waals surface area contributed by atoms with Gasteiger partial charge in [-0.3, -0.25) is 9.59 Å². The highest BCUT2D eigenvalue weighted by Gasteiger charge is 2.25. The van der Waals surface area contributed by atoms with Crippen molar-refractivity contribution in [1.29, 1.82) is 0 Å². The van der Waals surface area contributed by atoms with Gasteiger partial charge in [0.1, 0.15) is 13.2 Å². The van der Waals surface area contributed by atoms with Crippen molar-refractivity contribution in [3.63, 3.8) is 0 Å². The number of likely N-dealkylation sites (N-methyl/N-ethyl adjacent to an activating group) is 1. The van der Waals surface area contributed by atoms with Gasteiger partial charge in [0, 0.05) is 12.8 Å². The van der Waals surface area contributed by atoms with Gasteiger partial charge in [0.2, 0.25) is 0 Å². The SMILES string of the molecule is CC/C=C\C/C=C\C/C=C\C/C=C\C/C=C\CCCCCCCC(=O)OC(COC(=O)CCCCCCCCCCCCCCC/C=C\CCCCCCCCCC)COC(OCC[N+](C)(C)C)C(=O)O. The lowest BCUT2D eigenvalue weighted by Gasteiger charge is -2.25. The number of carboxylic acid groups (broad SMARTS) is 1. The van der Waals surface area contributed by atoms with Crippen molar-refractivity contribution < 1.29 is 42.9 Å². The van der Waals surface area contributed by atoms with E-state index in [1.165, 1.54) is 128 Å². The molecule has 9 nitrogen and oxygen atoms in total. The third-order valence-electron chi connectivity index (χ3n) is 12.4. The van der Waals surface area contributed by atoms with Gasteiger partial charge in [-0.1, -0.05) is 222 Å². The van der Waals surface area contributed by atoms with E-state index in [9.17, 15) is 19.5 Å². The lowest BCUT2D eigenvalue weighted by Crippen LogP contribution is -2.40. The molecule has 0 rings (SSSR count). The summed E-state index contributed by atoms with van der Waals surface area (Å²) < 4.78 is 22.9. The maximum atomic E-state index is 12.9. The van der Waals surface area contributed by atoms with Crippen LogP contribution in [0.4, 0.5) is 0 Å². The molecule has 2 atom stereocenters. The molecule has 0 aliphatic carbocycles. The number of esters is 2. The molecule has 410 valence electrons.